The van der Waals surface area contributed by atoms with Crippen molar-refractivity contribution in [3.05, 3.63) is 39.9 Å². The lowest BCUT2D eigenvalue weighted by Gasteiger charge is -2.03. The summed E-state index contributed by atoms with van der Waals surface area (Å²) in [5, 5.41) is 10.5. The van der Waals surface area contributed by atoms with E-state index < -0.39 is 14.8 Å². The zero-order valence-corrected chi connectivity index (χ0v) is 10.0. The summed E-state index contributed by atoms with van der Waals surface area (Å²) in [5.41, 5.74) is 5.57. The monoisotopic (exact) mass is 258 g/mol. The molecule has 1 aromatic carbocycles. The molecule has 0 unspecified atom stereocenters. The molecule has 0 saturated heterocycles. The lowest BCUT2D eigenvalue weighted by atomic mass is 10.2. The highest BCUT2D eigenvalue weighted by molar-refractivity contribution is 7.90. The number of hydrogen-bond donors (Lipinski definition) is 1. The maximum atomic E-state index is 11.6. The fourth-order valence-electron chi connectivity index (χ4n) is 1.39. The highest BCUT2D eigenvalue weighted by Gasteiger charge is 2.13. The van der Waals surface area contributed by atoms with E-state index in [-0.39, 0.29) is 17.2 Å². The molecule has 94 valence electrons. The highest BCUT2D eigenvalue weighted by Crippen LogP contribution is 2.15. The number of non-ortho nitro benzene ring substituents is 1. The van der Waals surface area contributed by atoms with Gasteiger partial charge in [-0.2, -0.15) is 0 Å². The van der Waals surface area contributed by atoms with Crippen LogP contribution in [0.5, 0.6) is 0 Å². The maximum absolute atomic E-state index is 11.6. The van der Waals surface area contributed by atoms with Crippen molar-refractivity contribution in [1.29, 1.82) is 0 Å². The largest absolute Gasteiger partial charge is 0.330 e. The van der Waals surface area contributed by atoms with Crippen molar-refractivity contribution < 1.29 is 13.3 Å². The van der Waals surface area contributed by atoms with Crippen LogP contribution in [0.1, 0.15) is 12.0 Å². The number of nitrogens with zero attached hydrogens (tertiary/aromatic N) is 1. The topological polar surface area (TPSA) is 103 Å². The van der Waals surface area contributed by atoms with Crippen LogP contribution in [-0.4, -0.2) is 25.6 Å². The molecule has 0 spiro atoms. The molecule has 1 rings (SSSR count). The number of rotatable bonds is 6. The van der Waals surface area contributed by atoms with Crippen molar-refractivity contribution in [2.24, 2.45) is 5.73 Å². The predicted octanol–water partition coefficient (Wildman–Crippen LogP) is 0.858. The summed E-state index contributed by atoms with van der Waals surface area (Å²) in [6, 6.07) is 5.65. The Bertz CT molecular complexity index is 499. The number of nitro benzene ring substituents is 1. The lowest BCUT2D eigenvalue weighted by Crippen LogP contribution is -2.13. The molecule has 7 heteroatoms. The van der Waals surface area contributed by atoms with Gasteiger partial charge < -0.3 is 5.73 Å². The van der Waals surface area contributed by atoms with Crippen LogP contribution in [0.25, 0.3) is 0 Å². The normalized spacial score (nSPS) is 11.4. The van der Waals surface area contributed by atoms with Gasteiger partial charge in [-0.3, -0.25) is 10.1 Å². The van der Waals surface area contributed by atoms with Gasteiger partial charge in [0.15, 0.2) is 9.84 Å². The Hall–Kier alpha value is -1.47. The van der Waals surface area contributed by atoms with Gasteiger partial charge in [-0.1, -0.05) is 12.1 Å². The fraction of sp³-hybridized carbons (Fsp3) is 0.400. The van der Waals surface area contributed by atoms with E-state index >= 15 is 0 Å². The van der Waals surface area contributed by atoms with Crippen LogP contribution in [0, 0.1) is 10.1 Å². The van der Waals surface area contributed by atoms with Gasteiger partial charge in [-0.15, -0.1) is 0 Å². The molecule has 0 amide bonds. The average molecular weight is 258 g/mol. The summed E-state index contributed by atoms with van der Waals surface area (Å²) < 4.78 is 23.2. The van der Waals surface area contributed by atoms with Gasteiger partial charge in [0.2, 0.25) is 0 Å². The van der Waals surface area contributed by atoms with Gasteiger partial charge in [0.1, 0.15) is 0 Å². The van der Waals surface area contributed by atoms with Crippen molar-refractivity contribution >= 4 is 15.5 Å². The third-order valence-electron chi connectivity index (χ3n) is 2.17. The number of benzene rings is 1. The van der Waals surface area contributed by atoms with E-state index in [0.29, 0.717) is 18.5 Å². The van der Waals surface area contributed by atoms with E-state index in [4.69, 9.17) is 5.73 Å². The number of nitro groups is 1. The molecule has 0 fully saturated rings. The zero-order valence-electron chi connectivity index (χ0n) is 9.20. The molecular formula is C10H14N2O4S. The van der Waals surface area contributed by atoms with Crippen LogP contribution in [0.3, 0.4) is 0 Å². The molecule has 0 aromatic heterocycles. The fourth-order valence-corrected chi connectivity index (χ4v) is 2.83. The van der Waals surface area contributed by atoms with E-state index in [9.17, 15) is 18.5 Å². The molecule has 0 saturated carbocycles. The molecule has 0 aliphatic heterocycles. The van der Waals surface area contributed by atoms with Crippen molar-refractivity contribution in [3.63, 3.8) is 0 Å². The number of sulfone groups is 1. The van der Waals surface area contributed by atoms with E-state index in [1.807, 2.05) is 0 Å². The summed E-state index contributed by atoms with van der Waals surface area (Å²) in [6.07, 6.45) is 0.400. The minimum absolute atomic E-state index is 0.00614. The molecule has 2 N–H and O–H groups in total. The summed E-state index contributed by atoms with van der Waals surface area (Å²) in [7, 11) is -3.24. The highest BCUT2D eigenvalue weighted by atomic mass is 32.2. The molecule has 0 atom stereocenters. The number of hydrogen-bond acceptors (Lipinski definition) is 5. The number of nitrogens with two attached hydrogens (primary N) is 1. The molecule has 6 nitrogen and oxygen atoms in total. The second-order valence-corrected chi connectivity index (χ2v) is 5.85. The van der Waals surface area contributed by atoms with Crippen LogP contribution in [0.4, 0.5) is 5.69 Å². The third-order valence-corrected chi connectivity index (χ3v) is 3.85. The van der Waals surface area contributed by atoms with Gasteiger partial charge in [0, 0.05) is 12.1 Å². The minimum Gasteiger partial charge on any atom is -0.330 e. The quantitative estimate of drug-likeness (QED) is 0.602. The first-order valence-corrected chi connectivity index (χ1v) is 6.90. The Morgan fingerprint density at radius 1 is 1.35 bits per heavy atom. The van der Waals surface area contributed by atoms with Crippen LogP contribution in [0.2, 0.25) is 0 Å². The Labute approximate surface area is 99.5 Å². The van der Waals surface area contributed by atoms with Gasteiger partial charge in [-0.05, 0) is 18.5 Å². The van der Waals surface area contributed by atoms with E-state index in [0.717, 1.165) is 0 Å². The molecule has 0 aliphatic rings. The molecule has 1 aromatic rings. The van der Waals surface area contributed by atoms with E-state index in [1.165, 1.54) is 18.2 Å². The average Bonchev–Trinajstić information content (AvgIpc) is 2.26. The van der Waals surface area contributed by atoms with Crippen molar-refractivity contribution in [3.8, 4) is 0 Å². The van der Waals surface area contributed by atoms with Crippen molar-refractivity contribution in [2.45, 2.75) is 12.2 Å². The standard InChI is InChI=1S/C10H14N2O4S/c11-5-2-6-17(15,16)8-9-3-1-4-10(7-9)12(13)14/h1,3-4,7H,2,5-6,8,11H2. The van der Waals surface area contributed by atoms with Gasteiger partial charge in [-0.25, -0.2) is 8.42 Å². The van der Waals surface area contributed by atoms with Gasteiger partial charge in [0.05, 0.1) is 16.4 Å². The van der Waals surface area contributed by atoms with Crippen molar-refractivity contribution in [1.82, 2.24) is 0 Å². The van der Waals surface area contributed by atoms with Crippen LogP contribution in [-0.2, 0) is 15.6 Å². The van der Waals surface area contributed by atoms with Gasteiger partial charge >= 0.3 is 0 Å². The first-order valence-electron chi connectivity index (χ1n) is 5.08. The van der Waals surface area contributed by atoms with Crippen LogP contribution in [0.15, 0.2) is 24.3 Å². The minimum atomic E-state index is -3.24. The summed E-state index contributed by atoms with van der Waals surface area (Å²) in [5.74, 6) is -0.180. The van der Waals surface area contributed by atoms with Gasteiger partial charge in [0.25, 0.3) is 5.69 Å². The Morgan fingerprint density at radius 2 is 2.06 bits per heavy atom. The Balaban J connectivity index is 2.81. The smallest absolute Gasteiger partial charge is 0.269 e. The molecule has 0 heterocycles. The molecule has 17 heavy (non-hydrogen) atoms. The lowest BCUT2D eigenvalue weighted by molar-refractivity contribution is -0.384. The summed E-state index contributed by atoms with van der Waals surface area (Å²) in [4.78, 5) is 9.98. The molecule has 0 bridgehead atoms. The van der Waals surface area contributed by atoms with Crippen LogP contribution < -0.4 is 5.73 Å². The molecule has 0 radical (unpaired) electrons. The zero-order chi connectivity index (χ0) is 12.9. The summed E-state index contributed by atoms with van der Waals surface area (Å²) >= 11 is 0. The molecule has 0 aliphatic carbocycles. The Kier molecular flexibility index (Phi) is 4.59. The second-order valence-electron chi connectivity index (χ2n) is 3.66. The predicted molar refractivity (Wildman–Crippen MR) is 64.3 cm³/mol. The third kappa shape index (κ3) is 4.49. The second kappa shape index (κ2) is 5.74. The van der Waals surface area contributed by atoms with Crippen LogP contribution >= 0.6 is 0 Å². The molecular weight excluding hydrogens is 244 g/mol. The SMILES string of the molecule is NCCCS(=O)(=O)Cc1cccc([N+](=O)[O-])c1. The first-order chi connectivity index (χ1) is 7.94. The van der Waals surface area contributed by atoms with Crippen molar-refractivity contribution in [2.75, 3.05) is 12.3 Å². The Morgan fingerprint density at radius 3 is 2.65 bits per heavy atom. The van der Waals surface area contributed by atoms with E-state index in [1.54, 1.807) is 6.07 Å². The summed E-state index contributed by atoms with van der Waals surface area (Å²) in [6.45, 7) is 0.314. The van der Waals surface area contributed by atoms with E-state index in [2.05, 4.69) is 0 Å². The maximum Gasteiger partial charge on any atom is 0.269 e. The first kappa shape index (κ1) is 13.6.